The number of likely N-dealkylation sites (tertiary alicyclic amines) is 1. The summed E-state index contributed by atoms with van der Waals surface area (Å²) in [6.07, 6.45) is 7.05. The zero-order valence-corrected chi connectivity index (χ0v) is 14.4. The molecule has 1 saturated carbocycles. The van der Waals surface area contributed by atoms with Gasteiger partial charge in [-0.1, -0.05) is 24.4 Å². The van der Waals surface area contributed by atoms with Crippen molar-refractivity contribution < 1.29 is 14.1 Å². The minimum absolute atomic E-state index is 0.113. The Morgan fingerprint density at radius 2 is 2.08 bits per heavy atom. The number of likely N-dealkylation sites (N-methyl/N-ethyl adjacent to an activating group) is 1. The molecule has 0 spiro atoms. The highest BCUT2D eigenvalue weighted by Crippen LogP contribution is 2.32. The van der Waals surface area contributed by atoms with Crippen LogP contribution >= 0.6 is 0 Å². The highest BCUT2D eigenvalue weighted by atomic mass is 16.5. The van der Waals surface area contributed by atoms with Crippen LogP contribution in [0.15, 0.2) is 10.6 Å². The first kappa shape index (κ1) is 16.1. The Labute approximate surface area is 143 Å². The Hall–Kier alpha value is -1.40. The number of ether oxygens (including phenoxy) is 1. The lowest BCUT2D eigenvalue weighted by atomic mass is 9.87. The summed E-state index contributed by atoms with van der Waals surface area (Å²) < 4.78 is 11.5. The van der Waals surface area contributed by atoms with E-state index in [0.717, 1.165) is 31.1 Å². The van der Waals surface area contributed by atoms with Crippen molar-refractivity contribution >= 4 is 5.91 Å². The summed E-state index contributed by atoms with van der Waals surface area (Å²) >= 11 is 0. The van der Waals surface area contributed by atoms with Gasteiger partial charge in [0.2, 0.25) is 5.91 Å². The number of nitrogens with zero attached hydrogens (tertiary/aromatic N) is 3. The first-order valence-electron chi connectivity index (χ1n) is 9.26. The molecule has 2 aliphatic heterocycles. The average molecular weight is 333 g/mol. The number of aromatic nitrogens is 1. The van der Waals surface area contributed by atoms with E-state index < -0.39 is 0 Å². The lowest BCUT2D eigenvalue weighted by molar-refractivity contribution is -0.131. The van der Waals surface area contributed by atoms with Gasteiger partial charge in [0.25, 0.3) is 0 Å². The molecule has 0 unspecified atom stereocenters. The van der Waals surface area contributed by atoms with Gasteiger partial charge >= 0.3 is 0 Å². The van der Waals surface area contributed by atoms with E-state index in [1.165, 1.54) is 32.1 Å². The Morgan fingerprint density at radius 1 is 1.25 bits per heavy atom. The normalized spacial score (nSPS) is 29.7. The van der Waals surface area contributed by atoms with Gasteiger partial charge in [0.15, 0.2) is 5.76 Å². The zero-order valence-electron chi connectivity index (χ0n) is 14.4. The fourth-order valence-corrected chi connectivity index (χ4v) is 4.37. The molecule has 0 aromatic carbocycles. The quantitative estimate of drug-likeness (QED) is 0.848. The topological polar surface area (TPSA) is 58.8 Å². The predicted octanol–water partition coefficient (Wildman–Crippen LogP) is 2.15. The van der Waals surface area contributed by atoms with Gasteiger partial charge in [0.1, 0.15) is 0 Å². The highest BCUT2D eigenvalue weighted by molar-refractivity contribution is 5.76. The first-order valence-corrected chi connectivity index (χ1v) is 9.26. The minimum atomic E-state index is 0.113. The third kappa shape index (κ3) is 3.22. The Kier molecular flexibility index (Phi) is 4.59. The smallest absolute Gasteiger partial charge is 0.225 e. The maximum atomic E-state index is 12.0. The maximum Gasteiger partial charge on any atom is 0.225 e. The molecule has 3 fully saturated rings. The molecule has 1 aromatic rings. The SMILES string of the molecule is CN1C(=O)CCO[C@H]2CN(Cc3cc(C4CCCCC4)no3)C[C@@H]21. The molecule has 1 aromatic heterocycles. The molecule has 3 aliphatic rings. The second-order valence-electron chi connectivity index (χ2n) is 7.48. The molecule has 4 rings (SSSR count). The molecule has 2 atom stereocenters. The van der Waals surface area contributed by atoms with Crippen LogP contribution < -0.4 is 0 Å². The number of hydrogen-bond acceptors (Lipinski definition) is 5. The minimum Gasteiger partial charge on any atom is -0.374 e. The molecule has 132 valence electrons. The van der Waals surface area contributed by atoms with Gasteiger partial charge in [0.05, 0.1) is 37.4 Å². The van der Waals surface area contributed by atoms with Gasteiger partial charge < -0.3 is 14.2 Å². The van der Waals surface area contributed by atoms with Crippen LogP contribution in [-0.2, 0) is 16.1 Å². The van der Waals surface area contributed by atoms with E-state index in [9.17, 15) is 4.79 Å². The maximum absolute atomic E-state index is 12.0. The summed E-state index contributed by atoms with van der Waals surface area (Å²) in [6, 6.07) is 2.29. The van der Waals surface area contributed by atoms with Crippen molar-refractivity contribution in [3.05, 3.63) is 17.5 Å². The number of fused-ring (bicyclic) bond motifs is 1. The van der Waals surface area contributed by atoms with Crippen molar-refractivity contribution in [3.8, 4) is 0 Å². The van der Waals surface area contributed by atoms with Gasteiger partial charge in [-0.25, -0.2) is 0 Å². The standard InChI is InChI=1S/C18H27N3O3/c1-20-16-11-21(12-17(16)23-8-7-18(20)22)10-14-9-15(19-24-14)13-5-3-2-4-6-13/h9,13,16-17H,2-8,10-12H2,1H3/t16-,17-/m0/s1. The number of rotatable bonds is 3. The van der Waals surface area contributed by atoms with E-state index in [4.69, 9.17) is 9.26 Å². The summed E-state index contributed by atoms with van der Waals surface area (Å²) in [6.45, 7) is 2.97. The van der Waals surface area contributed by atoms with Gasteiger partial charge in [-0.15, -0.1) is 0 Å². The van der Waals surface area contributed by atoms with Crippen LogP contribution in [0.5, 0.6) is 0 Å². The third-order valence-electron chi connectivity index (χ3n) is 5.83. The van der Waals surface area contributed by atoms with E-state index in [1.807, 2.05) is 11.9 Å². The second kappa shape index (κ2) is 6.84. The van der Waals surface area contributed by atoms with Crippen LogP contribution in [-0.4, -0.2) is 59.8 Å². The molecular weight excluding hydrogens is 306 g/mol. The summed E-state index contributed by atoms with van der Waals surface area (Å²) in [7, 11) is 1.90. The summed E-state index contributed by atoms with van der Waals surface area (Å²) in [4.78, 5) is 16.2. The van der Waals surface area contributed by atoms with Crippen LogP contribution in [0.25, 0.3) is 0 Å². The average Bonchev–Trinajstić information content (AvgIpc) is 3.20. The fourth-order valence-electron chi connectivity index (χ4n) is 4.37. The summed E-state index contributed by atoms with van der Waals surface area (Å²) in [5, 5.41) is 4.32. The number of carbonyl (C=O) groups is 1. The third-order valence-corrected chi connectivity index (χ3v) is 5.83. The molecule has 1 amide bonds. The molecule has 0 N–H and O–H groups in total. The molecular formula is C18H27N3O3. The molecule has 6 nitrogen and oxygen atoms in total. The molecule has 24 heavy (non-hydrogen) atoms. The Morgan fingerprint density at radius 3 is 2.92 bits per heavy atom. The van der Waals surface area contributed by atoms with Crippen molar-refractivity contribution in [3.63, 3.8) is 0 Å². The summed E-state index contributed by atoms with van der Waals surface area (Å²) in [5.41, 5.74) is 1.13. The van der Waals surface area contributed by atoms with Gasteiger partial charge in [-0.05, 0) is 12.8 Å². The predicted molar refractivity (Wildman–Crippen MR) is 88.5 cm³/mol. The first-order chi connectivity index (χ1) is 11.7. The zero-order chi connectivity index (χ0) is 16.5. The van der Waals surface area contributed by atoms with Gasteiger partial charge in [-0.2, -0.15) is 0 Å². The van der Waals surface area contributed by atoms with Crippen LogP contribution in [0.1, 0.15) is 55.9 Å². The van der Waals surface area contributed by atoms with Crippen molar-refractivity contribution in [2.75, 3.05) is 26.7 Å². The van der Waals surface area contributed by atoms with Crippen molar-refractivity contribution in [2.45, 2.75) is 63.1 Å². The Bertz CT molecular complexity index is 582. The Balaban J connectivity index is 1.38. The second-order valence-corrected chi connectivity index (χ2v) is 7.48. The number of hydrogen-bond donors (Lipinski definition) is 0. The van der Waals surface area contributed by atoms with Gasteiger partial charge in [0, 0.05) is 32.1 Å². The van der Waals surface area contributed by atoms with E-state index in [-0.39, 0.29) is 18.1 Å². The molecule has 1 aliphatic carbocycles. The lowest BCUT2D eigenvalue weighted by Gasteiger charge is -2.25. The van der Waals surface area contributed by atoms with Crippen molar-refractivity contribution in [1.82, 2.24) is 15.0 Å². The van der Waals surface area contributed by atoms with Gasteiger partial charge in [-0.3, -0.25) is 9.69 Å². The van der Waals surface area contributed by atoms with E-state index >= 15 is 0 Å². The van der Waals surface area contributed by atoms with E-state index in [2.05, 4.69) is 16.1 Å². The largest absolute Gasteiger partial charge is 0.374 e. The summed E-state index contributed by atoms with van der Waals surface area (Å²) in [5.74, 6) is 1.69. The molecule has 3 heterocycles. The monoisotopic (exact) mass is 333 g/mol. The fraction of sp³-hybridized carbons (Fsp3) is 0.778. The van der Waals surface area contributed by atoms with E-state index in [0.29, 0.717) is 18.9 Å². The van der Waals surface area contributed by atoms with E-state index in [1.54, 1.807) is 0 Å². The van der Waals surface area contributed by atoms with Crippen LogP contribution in [0.4, 0.5) is 0 Å². The number of carbonyl (C=O) groups excluding carboxylic acids is 1. The molecule has 6 heteroatoms. The highest BCUT2D eigenvalue weighted by Gasteiger charge is 2.40. The van der Waals surface area contributed by atoms with Crippen LogP contribution in [0.3, 0.4) is 0 Å². The molecule has 0 radical (unpaired) electrons. The van der Waals surface area contributed by atoms with Crippen molar-refractivity contribution in [2.24, 2.45) is 0 Å². The van der Waals surface area contributed by atoms with Crippen molar-refractivity contribution in [1.29, 1.82) is 0 Å². The van der Waals surface area contributed by atoms with Crippen LogP contribution in [0, 0.1) is 0 Å². The number of amides is 1. The lowest BCUT2D eigenvalue weighted by Crippen LogP contribution is -2.42. The molecule has 0 bridgehead atoms. The molecule has 2 saturated heterocycles. The van der Waals surface area contributed by atoms with Crippen LogP contribution in [0.2, 0.25) is 0 Å².